The molecular formula is C11H12N2O3. The molecule has 1 aliphatic heterocycles. The van der Waals surface area contributed by atoms with Crippen molar-refractivity contribution in [1.29, 1.82) is 0 Å². The lowest BCUT2D eigenvalue weighted by molar-refractivity contribution is -0.105. The quantitative estimate of drug-likeness (QED) is 0.747. The van der Waals surface area contributed by atoms with E-state index in [0.29, 0.717) is 36.6 Å². The van der Waals surface area contributed by atoms with Gasteiger partial charge >= 0.3 is 0 Å². The molecule has 5 heteroatoms. The number of anilines is 1. The van der Waals surface area contributed by atoms with E-state index in [1.165, 1.54) is 0 Å². The Balaban J connectivity index is 2.42. The fourth-order valence-electron chi connectivity index (χ4n) is 1.58. The van der Waals surface area contributed by atoms with Crippen molar-refractivity contribution in [2.24, 2.45) is 0 Å². The highest BCUT2D eigenvalue weighted by molar-refractivity contribution is 5.98. The highest BCUT2D eigenvalue weighted by atomic mass is 16.5. The summed E-state index contributed by atoms with van der Waals surface area (Å²) in [5, 5.41) is 2.51. The Morgan fingerprint density at radius 1 is 1.50 bits per heavy atom. The number of likely N-dealkylation sites (N-methyl/N-ethyl adjacent to an activating group) is 1. The highest BCUT2D eigenvalue weighted by Gasteiger charge is 2.20. The molecule has 0 aliphatic carbocycles. The number of ether oxygens (including phenoxy) is 1. The molecule has 0 unspecified atom stereocenters. The zero-order chi connectivity index (χ0) is 11.5. The number of hydrogen-bond donors (Lipinski definition) is 1. The zero-order valence-electron chi connectivity index (χ0n) is 8.90. The van der Waals surface area contributed by atoms with Crippen LogP contribution >= 0.6 is 0 Å². The number of amides is 2. The average Bonchev–Trinajstić information content (AvgIpc) is 2.42. The summed E-state index contributed by atoms with van der Waals surface area (Å²) >= 11 is 0. The minimum absolute atomic E-state index is 0.0953. The number of nitrogens with one attached hydrogen (secondary N) is 1. The van der Waals surface area contributed by atoms with Crippen LogP contribution < -0.4 is 10.1 Å². The molecule has 1 aromatic rings. The third-order valence-corrected chi connectivity index (χ3v) is 2.47. The molecule has 2 amide bonds. The summed E-state index contributed by atoms with van der Waals surface area (Å²) in [6.07, 6.45) is 0.577. The first-order valence-electron chi connectivity index (χ1n) is 4.95. The molecule has 1 aliphatic rings. The Labute approximate surface area is 93.0 Å². The second kappa shape index (κ2) is 4.22. The Kier molecular flexibility index (Phi) is 2.76. The molecule has 0 fully saturated rings. The molecular weight excluding hydrogens is 208 g/mol. The van der Waals surface area contributed by atoms with Gasteiger partial charge in [0.05, 0.1) is 12.1 Å². The van der Waals surface area contributed by atoms with Gasteiger partial charge in [0.2, 0.25) is 6.41 Å². The molecule has 0 radical (unpaired) electrons. The molecule has 16 heavy (non-hydrogen) atoms. The van der Waals surface area contributed by atoms with Crippen LogP contribution in [0.15, 0.2) is 18.2 Å². The first-order valence-corrected chi connectivity index (χ1v) is 4.95. The minimum Gasteiger partial charge on any atom is -0.491 e. The van der Waals surface area contributed by atoms with Gasteiger partial charge in [0.25, 0.3) is 5.91 Å². The van der Waals surface area contributed by atoms with Gasteiger partial charge in [-0.05, 0) is 18.2 Å². The van der Waals surface area contributed by atoms with E-state index in [4.69, 9.17) is 4.74 Å². The number of nitrogens with zero attached hydrogens (tertiary/aromatic N) is 1. The van der Waals surface area contributed by atoms with Gasteiger partial charge in [0, 0.05) is 12.7 Å². The molecule has 0 saturated heterocycles. The molecule has 0 spiro atoms. The van der Waals surface area contributed by atoms with E-state index >= 15 is 0 Å². The number of carbonyl (C=O) groups is 2. The first kappa shape index (κ1) is 10.5. The van der Waals surface area contributed by atoms with Gasteiger partial charge in [0.15, 0.2) is 0 Å². The van der Waals surface area contributed by atoms with Gasteiger partial charge < -0.3 is 15.0 Å². The second-order valence-corrected chi connectivity index (χ2v) is 3.55. The van der Waals surface area contributed by atoms with Crippen LogP contribution in [-0.2, 0) is 4.79 Å². The van der Waals surface area contributed by atoms with Crippen LogP contribution in [0, 0.1) is 0 Å². The number of carbonyl (C=O) groups excluding carboxylic acids is 2. The molecule has 0 bridgehead atoms. The Morgan fingerprint density at radius 3 is 3.06 bits per heavy atom. The van der Waals surface area contributed by atoms with Crippen molar-refractivity contribution in [2.45, 2.75) is 0 Å². The number of rotatable bonds is 2. The molecule has 1 aromatic carbocycles. The fourth-order valence-corrected chi connectivity index (χ4v) is 1.58. The number of benzene rings is 1. The van der Waals surface area contributed by atoms with Crippen molar-refractivity contribution in [2.75, 3.05) is 25.5 Å². The van der Waals surface area contributed by atoms with Crippen LogP contribution in [0.2, 0.25) is 0 Å². The molecule has 2 rings (SSSR count). The van der Waals surface area contributed by atoms with Crippen LogP contribution in [0.3, 0.4) is 0 Å². The Morgan fingerprint density at radius 2 is 2.31 bits per heavy atom. The smallest absolute Gasteiger partial charge is 0.257 e. The molecule has 5 nitrogen and oxygen atoms in total. The van der Waals surface area contributed by atoms with Crippen molar-refractivity contribution in [3.8, 4) is 5.75 Å². The van der Waals surface area contributed by atoms with Crippen LogP contribution in [0.5, 0.6) is 5.75 Å². The summed E-state index contributed by atoms with van der Waals surface area (Å²) in [5.74, 6) is 0.466. The van der Waals surface area contributed by atoms with Gasteiger partial charge in [-0.1, -0.05) is 0 Å². The van der Waals surface area contributed by atoms with Crippen LogP contribution in [0.4, 0.5) is 5.69 Å². The fraction of sp³-hybridized carbons (Fsp3) is 0.273. The van der Waals surface area contributed by atoms with Crippen molar-refractivity contribution in [3.63, 3.8) is 0 Å². The zero-order valence-corrected chi connectivity index (χ0v) is 8.90. The van der Waals surface area contributed by atoms with E-state index in [-0.39, 0.29) is 5.91 Å². The summed E-state index contributed by atoms with van der Waals surface area (Å²) in [6.45, 7) is 1.04. The monoisotopic (exact) mass is 220 g/mol. The summed E-state index contributed by atoms with van der Waals surface area (Å²) < 4.78 is 5.44. The maximum atomic E-state index is 11.9. The minimum atomic E-state index is -0.0953. The lowest BCUT2D eigenvalue weighted by atomic mass is 10.1. The van der Waals surface area contributed by atoms with Gasteiger partial charge in [-0.25, -0.2) is 0 Å². The van der Waals surface area contributed by atoms with Crippen LogP contribution in [-0.4, -0.2) is 37.4 Å². The first-order chi connectivity index (χ1) is 7.72. The Bertz CT molecular complexity index is 431. The molecule has 1 heterocycles. The molecule has 0 aromatic heterocycles. The van der Waals surface area contributed by atoms with Gasteiger partial charge in [-0.15, -0.1) is 0 Å². The summed E-state index contributed by atoms with van der Waals surface area (Å²) in [6, 6.07) is 5.01. The van der Waals surface area contributed by atoms with Crippen LogP contribution in [0.25, 0.3) is 0 Å². The maximum absolute atomic E-state index is 11.9. The summed E-state index contributed by atoms with van der Waals surface area (Å²) in [7, 11) is 1.72. The lowest BCUT2D eigenvalue weighted by Gasteiger charge is -2.12. The predicted octanol–water partition coefficient (Wildman–Crippen LogP) is 0.719. The topological polar surface area (TPSA) is 58.6 Å². The number of fused-ring (bicyclic) bond motifs is 1. The molecule has 84 valence electrons. The van der Waals surface area contributed by atoms with Crippen molar-refractivity contribution in [3.05, 3.63) is 23.8 Å². The van der Waals surface area contributed by atoms with Gasteiger partial charge in [0.1, 0.15) is 12.4 Å². The van der Waals surface area contributed by atoms with E-state index in [9.17, 15) is 9.59 Å². The van der Waals surface area contributed by atoms with E-state index in [2.05, 4.69) is 5.32 Å². The molecule has 1 N–H and O–H groups in total. The van der Waals surface area contributed by atoms with E-state index in [0.717, 1.165) is 0 Å². The highest BCUT2D eigenvalue weighted by Crippen LogP contribution is 2.25. The average molecular weight is 220 g/mol. The van der Waals surface area contributed by atoms with E-state index in [1.54, 1.807) is 30.1 Å². The van der Waals surface area contributed by atoms with Crippen molar-refractivity contribution < 1.29 is 14.3 Å². The van der Waals surface area contributed by atoms with Crippen LogP contribution in [0.1, 0.15) is 10.4 Å². The largest absolute Gasteiger partial charge is 0.491 e. The second-order valence-electron chi connectivity index (χ2n) is 3.55. The third kappa shape index (κ3) is 1.84. The van der Waals surface area contributed by atoms with Crippen molar-refractivity contribution >= 4 is 18.0 Å². The van der Waals surface area contributed by atoms with Gasteiger partial charge in [-0.2, -0.15) is 0 Å². The Hall–Kier alpha value is -2.04. The molecule has 0 saturated carbocycles. The standard InChI is InChI=1S/C11H12N2O3/c1-13-4-5-16-10-3-2-8(12-7-14)6-9(10)11(13)15/h2-3,6-7H,4-5H2,1H3,(H,12,14). The summed E-state index contributed by atoms with van der Waals surface area (Å²) in [5.41, 5.74) is 1.06. The lowest BCUT2D eigenvalue weighted by Crippen LogP contribution is -2.27. The molecule has 0 atom stereocenters. The predicted molar refractivity (Wildman–Crippen MR) is 58.6 cm³/mol. The number of hydrogen-bond acceptors (Lipinski definition) is 3. The van der Waals surface area contributed by atoms with Crippen molar-refractivity contribution in [1.82, 2.24) is 4.90 Å². The SMILES string of the molecule is CN1CCOc2ccc(NC=O)cc2C1=O. The maximum Gasteiger partial charge on any atom is 0.257 e. The summed E-state index contributed by atoms with van der Waals surface area (Å²) in [4.78, 5) is 23.8. The normalized spacial score (nSPS) is 14.8. The van der Waals surface area contributed by atoms with E-state index < -0.39 is 0 Å². The van der Waals surface area contributed by atoms with E-state index in [1.807, 2.05) is 0 Å². The van der Waals surface area contributed by atoms with Gasteiger partial charge in [-0.3, -0.25) is 9.59 Å². The third-order valence-electron chi connectivity index (χ3n) is 2.47.